The van der Waals surface area contributed by atoms with Crippen molar-refractivity contribution in [3.05, 3.63) is 19.9 Å². The molecule has 1 rings (SSSR count). The van der Waals surface area contributed by atoms with Gasteiger partial charge in [0.05, 0.1) is 2.88 Å². The largest absolute Gasteiger partial charge is 0.385 e. The normalized spacial score (nSPS) is 11.6. The molecule has 0 saturated heterocycles. The van der Waals surface area contributed by atoms with Crippen molar-refractivity contribution in [1.29, 1.82) is 0 Å². The Morgan fingerprint density at radius 3 is 2.78 bits per heavy atom. The van der Waals surface area contributed by atoms with E-state index in [0.717, 1.165) is 38.5 Å². The Hall–Kier alpha value is -0.340. The number of thiophene rings is 1. The maximum Gasteiger partial charge on any atom is 0.190 e. The Morgan fingerprint density at radius 2 is 2.17 bits per heavy atom. The van der Waals surface area contributed by atoms with Gasteiger partial charge in [-0.3, -0.25) is 4.99 Å². The molecule has 0 aromatic carbocycles. The summed E-state index contributed by atoms with van der Waals surface area (Å²) in [6, 6.07) is 4.33. The van der Waals surface area contributed by atoms with Crippen LogP contribution in [0.4, 0.5) is 0 Å². The number of aliphatic imine (C=N–C) groups is 1. The average molecular weight is 381 g/mol. The van der Waals surface area contributed by atoms with Gasteiger partial charge in [-0.25, -0.2) is 0 Å². The van der Waals surface area contributed by atoms with E-state index in [0.29, 0.717) is 0 Å². The van der Waals surface area contributed by atoms with Crippen LogP contribution in [0.25, 0.3) is 0 Å². The number of halogens is 1. The Labute approximate surface area is 126 Å². The third-order valence-corrected chi connectivity index (χ3v) is 4.29. The zero-order valence-electron chi connectivity index (χ0n) is 10.8. The summed E-state index contributed by atoms with van der Waals surface area (Å²) in [7, 11) is 3.51. The smallest absolute Gasteiger partial charge is 0.190 e. The lowest BCUT2D eigenvalue weighted by Gasteiger charge is -2.11. The first kappa shape index (κ1) is 15.7. The molecule has 0 aliphatic heterocycles. The minimum absolute atomic E-state index is 0.775. The Morgan fingerprint density at radius 1 is 1.39 bits per heavy atom. The van der Waals surface area contributed by atoms with E-state index in [9.17, 15) is 0 Å². The summed E-state index contributed by atoms with van der Waals surface area (Å²) in [6.07, 6.45) is 2.02. The van der Waals surface area contributed by atoms with Crippen LogP contribution in [0.5, 0.6) is 0 Å². The van der Waals surface area contributed by atoms with Crippen molar-refractivity contribution in [2.75, 3.05) is 33.9 Å². The van der Waals surface area contributed by atoms with Crippen LogP contribution in [-0.2, 0) is 11.2 Å². The summed E-state index contributed by atoms with van der Waals surface area (Å²) in [6.45, 7) is 2.56. The number of ether oxygens (including phenoxy) is 1. The molecule has 1 heterocycles. The van der Waals surface area contributed by atoms with Gasteiger partial charge in [0, 0.05) is 38.7 Å². The van der Waals surface area contributed by atoms with Crippen LogP contribution in [0.2, 0.25) is 0 Å². The van der Waals surface area contributed by atoms with Crippen LogP contribution in [0, 0.1) is 2.88 Å². The van der Waals surface area contributed by atoms with Crippen molar-refractivity contribution in [3.8, 4) is 0 Å². The predicted molar refractivity (Wildman–Crippen MR) is 86.6 cm³/mol. The van der Waals surface area contributed by atoms with Crippen LogP contribution >= 0.6 is 33.9 Å². The van der Waals surface area contributed by atoms with Crippen molar-refractivity contribution in [3.63, 3.8) is 0 Å². The van der Waals surface area contributed by atoms with Gasteiger partial charge in [-0.2, -0.15) is 0 Å². The highest BCUT2D eigenvalue weighted by molar-refractivity contribution is 14.1. The molecule has 0 aliphatic rings. The number of nitrogens with zero attached hydrogens (tertiary/aromatic N) is 1. The molecule has 1 aromatic heterocycles. The lowest BCUT2D eigenvalue weighted by Crippen LogP contribution is -2.38. The zero-order chi connectivity index (χ0) is 13.2. The molecule has 0 amide bonds. The molecule has 0 saturated carbocycles. The van der Waals surface area contributed by atoms with Crippen LogP contribution < -0.4 is 10.6 Å². The second kappa shape index (κ2) is 9.57. The van der Waals surface area contributed by atoms with Crippen molar-refractivity contribution in [2.24, 2.45) is 4.99 Å². The number of rotatable bonds is 7. The first-order valence-corrected chi connectivity index (χ1v) is 7.83. The van der Waals surface area contributed by atoms with Gasteiger partial charge in [0.1, 0.15) is 0 Å². The molecule has 0 bridgehead atoms. The molecule has 18 heavy (non-hydrogen) atoms. The first-order chi connectivity index (χ1) is 8.76. The molecule has 1 aromatic rings. The number of guanidine groups is 1. The van der Waals surface area contributed by atoms with E-state index in [1.165, 1.54) is 7.76 Å². The summed E-state index contributed by atoms with van der Waals surface area (Å²) in [5, 5.41) is 6.56. The average Bonchev–Trinajstić information content (AvgIpc) is 2.78. The fraction of sp³-hybridized carbons (Fsp3) is 0.583. The summed E-state index contributed by atoms with van der Waals surface area (Å²) in [4.78, 5) is 5.58. The first-order valence-electron chi connectivity index (χ1n) is 5.94. The maximum absolute atomic E-state index is 5.00. The van der Waals surface area contributed by atoms with E-state index in [2.05, 4.69) is 50.3 Å². The second-order valence-electron chi connectivity index (χ2n) is 3.73. The quantitative estimate of drug-likeness (QED) is 0.329. The molecule has 102 valence electrons. The molecule has 4 nitrogen and oxygen atoms in total. The van der Waals surface area contributed by atoms with Crippen LogP contribution in [-0.4, -0.2) is 39.8 Å². The highest BCUT2D eigenvalue weighted by Crippen LogP contribution is 2.18. The molecule has 0 fully saturated rings. The van der Waals surface area contributed by atoms with E-state index >= 15 is 0 Å². The molecule has 0 aliphatic carbocycles. The number of hydrogen-bond donors (Lipinski definition) is 2. The monoisotopic (exact) mass is 381 g/mol. The topological polar surface area (TPSA) is 45.7 Å². The summed E-state index contributed by atoms with van der Waals surface area (Å²) in [5.74, 6) is 0.859. The molecular formula is C12H20IN3OS. The van der Waals surface area contributed by atoms with Gasteiger partial charge in [0.25, 0.3) is 0 Å². The fourth-order valence-electron chi connectivity index (χ4n) is 1.43. The summed E-state index contributed by atoms with van der Waals surface area (Å²) >= 11 is 4.19. The third-order valence-electron chi connectivity index (χ3n) is 2.33. The second-order valence-corrected chi connectivity index (χ2v) is 6.79. The van der Waals surface area contributed by atoms with Crippen molar-refractivity contribution < 1.29 is 4.74 Å². The number of methoxy groups -OCH3 is 1. The Balaban J connectivity index is 2.15. The predicted octanol–water partition coefficient (Wildman–Crippen LogP) is 2.10. The van der Waals surface area contributed by atoms with Gasteiger partial charge in [-0.05, 0) is 47.6 Å². The molecule has 0 radical (unpaired) electrons. The fourth-order valence-corrected chi connectivity index (χ4v) is 3.19. The van der Waals surface area contributed by atoms with Crippen molar-refractivity contribution in [1.82, 2.24) is 10.6 Å². The highest BCUT2D eigenvalue weighted by atomic mass is 127. The van der Waals surface area contributed by atoms with Gasteiger partial charge in [-0.1, -0.05) is 0 Å². The van der Waals surface area contributed by atoms with E-state index < -0.39 is 0 Å². The molecule has 0 spiro atoms. The van der Waals surface area contributed by atoms with Crippen LogP contribution in [0.1, 0.15) is 11.3 Å². The van der Waals surface area contributed by atoms with Gasteiger partial charge in [-0.15, -0.1) is 11.3 Å². The minimum Gasteiger partial charge on any atom is -0.385 e. The minimum atomic E-state index is 0.775. The molecule has 0 unspecified atom stereocenters. The number of hydrogen-bond acceptors (Lipinski definition) is 3. The standard InChI is InChI=1S/C12H20IN3OS/c1-14-12(15-7-3-9-17-2)16-8-6-10-4-5-11(13)18-10/h4-5H,3,6-9H2,1-2H3,(H2,14,15,16). The van der Waals surface area contributed by atoms with E-state index in [1.54, 1.807) is 14.2 Å². The van der Waals surface area contributed by atoms with Crippen molar-refractivity contribution >= 4 is 39.9 Å². The Bertz CT molecular complexity index is 368. The van der Waals surface area contributed by atoms with Gasteiger partial charge < -0.3 is 15.4 Å². The lowest BCUT2D eigenvalue weighted by atomic mass is 10.3. The molecule has 6 heteroatoms. The van der Waals surface area contributed by atoms with Gasteiger partial charge >= 0.3 is 0 Å². The highest BCUT2D eigenvalue weighted by Gasteiger charge is 1.99. The van der Waals surface area contributed by atoms with Crippen LogP contribution in [0.3, 0.4) is 0 Å². The van der Waals surface area contributed by atoms with E-state index in [1.807, 2.05) is 11.3 Å². The van der Waals surface area contributed by atoms with Crippen LogP contribution in [0.15, 0.2) is 17.1 Å². The van der Waals surface area contributed by atoms with Crippen molar-refractivity contribution in [2.45, 2.75) is 12.8 Å². The maximum atomic E-state index is 5.00. The molecule has 2 N–H and O–H groups in total. The Kier molecular flexibility index (Phi) is 8.36. The summed E-state index contributed by atoms with van der Waals surface area (Å²) in [5.41, 5.74) is 0. The van der Waals surface area contributed by atoms with Gasteiger partial charge in [0.2, 0.25) is 0 Å². The SMILES string of the molecule is CN=C(NCCCOC)NCCc1ccc(I)s1. The zero-order valence-corrected chi connectivity index (χ0v) is 13.8. The lowest BCUT2D eigenvalue weighted by molar-refractivity contribution is 0.195. The third kappa shape index (κ3) is 6.55. The van der Waals surface area contributed by atoms with Gasteiger partial charge in [0.15, 0.2) is 5.96 Å². The molecule has 0 atom stereocenters. The summed E-state index contributed by atoms with van der Waals surface area (Å²) < 4.78 is 6.34. The number of nitrogens with one attached hydrogen (secondary N) is 2. The molecular weight excluding hydrogens is 361 g/mol. The van der Waals surface area contributed by atoms with E-state index in [4.69, 9.17) is 4.74 Å². The van der Waals surface area contributed by atoms with E-state index in [-0.39, 0.29) is 0 Å².